The summed E-state index contributed by atoms with van der Waals surface area (Å²) in [5.41, 5.74) is 2.39. The van der Waals surface area contributed by atoms with E-state index < -0.39 is 6.92 Å². The average Bonchev–Trinajstić information content (AvgIpc) is 2.59. The predicted octanol–water partition coefficient (Wildman–Crippen LogP) is 2.08. The number of rotatable bonds is 5. The van der Waals surface area contributed by atoms with E-state index in [1.165, 1.54) is 30.6 Å². The first kappa shape index (κ1) is 15.3. The van der Waals surface area contributed by atoms with E-state index in [2.05, 4.69) is 9.97 Å². The van der Waals surface area contributed by atoms with Crippen LogP contribution in [0.4, 0.5) is 8.78 Å². The van der Waals surface area contributed by atoms with E-state index >= 15 is 0 Å². The molecule has 1 aromatic heterocycles. The highest BCUT2D eigenvalue weighted by molar-refractivity contribution is 6.80. The lowest BCUT2D eigenvalue weighted by Crippen LogP contribution is -2.44. The fourth-order valence-electron chi connectivity index (χ4n) is 2.24. The van der Waals surface area contributed by atoms with Crippen LogP contribution in [0.1, 0.15) is 5.56 Å². The third-order valence-corrected chi connectivity index (χ3v) is 3.38. The highest BCUT2D eigenvalue weighted by Crippen LogP contribution is 2.03. The smallest absolute Gasteiger partial charge is 0.361 e. The van der Waals surface area contributed by atoms with E-state index in [0.717, 1.165) is 16.5 Å². The fraction of sp³-hybridized carbons (Fsp3) is 0.0588. The molecule has 0 aliphatic rings. The second-order valence-corrected chi connectivity index (χ2v) is 5.04. The second kappa shape index (κ2) is 7.11. The molecule has 0 amide bonds. The van der Waals surface area contributed by atoms with Gasteiger partial charge < -0.3 is 4.65 Å². The Morgan fingerprint density at radius 1 is 0.783 bits per heavy atom. The third-order valence-electron chi connectivity index (χ3n) is 3.38. The van der Waals surface area contributed by atoms with Crippen molar-refractivity contribution < 1.29 is 13.4 Å². The molecule has 1 heterocycles. The molecule has 23 heavy (non-hydrogen) atoms. The van der Waals surface area contributed by atoms with E-state index in [-0.39, 0.29) is 11.6 Å². The van der Waals surface area contributed by atoms with E-state index in [1.54, 1.807) is 36.7 Å². The van der Waals surface area contributed by atoms with Gasteiger partial charge in [-0.05, 0) is 35.2 Å². The number of aromatic nitrogens is 2. The van der Waals surface area contributed by atoms with Crippen LogP contribution in [0.15, 0.2) is 67.3 Å². The molecule has 2 aromatic carbocycles. The van der Waals surface area contributed by atoms with E-state index in [4.69, 9.17) is 4.65 Å². The SMILES string of the molecule is Fc1ccc(B(OCc2cncnc2)c2ccc(F)cc2)cc1. The minimum atomic E-state index is -0.434. The molecule has 0 aliphatic carbocycles. The topological polar surface area (TPSA) is 35.0 Å². The molecule has 3 rings (SSSR count). The Labute approximate surface area is 133 Å². The molecule has 0 radical (unpaired) electrons. The van der Waals surface area contributed by atoms with Gasteiger partial charge in [0.1, 0.15) is 18.0 Å². The number of nitrogens with zero attached hydrogens (tertiary/aromatic N) is 2. The Balaban J connectivity index is 1.86. The third kappa shape index (κ3) is 3.99. The summed E-state index contributed by atoms with van der Waals surface area (Å²) in [7, 11) is 0. The first-order chi connectivity index (χ1) is 11.2. The summed E-state index contributed by atoms with van der Waals surface area (Å²) in [6.45, 7) is -0.142. The van der Waals surface area contributed by atoms with Gasteiger partial charge >= 0.3 is 6.92 Å². The molecule has 0 atom stereocenters. The van der Waals surface area contributed by atoms with Crippen LogP contribution >= 0.6 is 0 Å². The van der Waals surface area contributed by atoms with Crippen molar-refractivity contribution in [1.82, 2.24) is 9.97 Å². The minimum Gasteiger partial charge on any atom is -0.423 e. The van der Waals surface area contributed by atoms with Gasteiger partial charge in [0.15, 0.2) is 0 Å². The molecule has 114 valence electrons. The maximum Gasteiger partial charge on any atom is 0.361 e. The largest absolute Gasteiger partial charge is 0.423 e. The zero-order chi connectivity index (χ0) is 16.1. The highest BCUT2D eigenvalue weighted by atomic mass is 19.1. The van der Waals surface area contributed by atoms with Gasteiger partial charge in [0.2, 0.25) is 0 Å². The fourth-order valence-corrected chi connectivity index (χ4v) is 2.24. The number of halogens is 2. The number of benzene rings is 2. The zero-order valence-corrected chi connectivity index (χ0v) is 12.2. The summed E-state index contributed by atoms with van der Waals surface area (Å²) in [6.07, 6.45) is 4.78. The normalized spacial score (nSPS) is 10.5. The standard InChI is InChI=1S/C17H13BF2N2O/c19-16-5-1-14(2-6-16)18(15-3-7-17(20)8-4-15)23-11-13-9-21-12-22-10-13/h1-10,12H,11H2. The van der Waals surface area contributed by atoms with Crippen LogP contribution in [-0.2, 0) is 11.3 Å². The minimum absolute atomic E-state index is 0.292. The summed E-state index contributed by atoms with van der Waals surface area (Å²) in [4.78, 5) is 7.88. The van der Waals surface area contributed by atoms with E-state index in [0.29, 0.717) is 6.61 Å². The van der Waals surface area contributed by atoms with Crippen molar-refractivity contribution in [3.05, 3.63) is 84.4 Å². The van der Waals surface area contributed by atoms with Crippen molar-refractivity contribution in [2.45, 2.75) is 6.61 Å². The van der Waals surface area contributed by atoms with Crippen LogP contribution in [-0.4, -0.2) is 16.9 Å². The molecule has 0 N–H and O–H groups in total. The Morgan fingerprint density at radius 3 is 1.74 bits per heavy atom. The van der Waals surface area contributed by atoms with Gasteiger partial charge in [-0.3, -0.25) is 0 Å². The van der Waals surface area contributed by atoms with Gasteiger partial charge in [-0.2, -0.15) is 0 Å². The van der Waals surface area contributed by atoms with Crippen LogP contribution < -0.4 is 10.9 Å². The highest BCUT2D eigenvalue weighted by Gasteiger charge is 2.21. The zero-order valence-electron chi connectivity index (χ0n) is 12.2. The van der Waals surface area contributed by atoms with Crippen LogP contribution in [0.5, 0.6) is 0 Å². The monoisotopic (exact) mass is 310 g/mol. The molecule has 3 nitrogen and oxygen atoms in total. The maximum absolute atomic E-state index is 13.1. The molecule has 0 fully saturated rings. The van der Waals surface area contributed by atoms with Gasteiger partial charge in [0.25, 0.3) is 0 Å². The summed E-state index contributed by atoms with van der Waals surface area (Å²) in [5, 5.41) is 0. The van der Waals surface area contributed by atoms with Crippen molar-refractivity contribution in [3.63, 3.8) is 0 Å². The lowest BCUT2D eigenvalue weighted by molar-refractivity contribution is 0.320. The molecular formula is C17H13BF2N2O. The van der Waals surface area contributed by atoms with Gasteiger partial charge in [-0.15, -0.1) is 0 Å². The van der Waals surface area contributed by atoms with Crippen molar-refractivity contribution in [1.29, 1.82) is 0 Å². The van der Waals surface area contributed by atoms with Crippen molar-refractivity contribution in [3.8, 4) is 0 Å². The van der Waals surface area contributed by atoms with Gasteiger partial charge in [0, 0.05) is 18.0 Å². The van der Waals surface area contributed by atoms with Gasteiger partial charge in [-0.1, -0.05) is 24.3 Å². The summed E-state index contributed by atoms with van der Waals surface area (Å²) in [6, 6.07) is 12.1. The molecule has 6 heteroatoms. The number of hydrogen-bond acceptors (Lipinski definition) is 3. The summed E-state index contributed by atoms with van der Waals surface area (Å²) in [5.74, 6) is -0.633. The lowest BCUT2D eigenvalue weighted by Gasteiger charge is -2.15. The quantitative estimate of drug-likeness (QED) is 0.677. The molecule has 0 saturated carbocycles. The maximum atomic E-state index is 13.1. The van der Waals surface area contributed by atoms with Crippen molar-refractivity contribution in [2.24, 2.45) is 0 Å². The van der Waals surface area contributed by atoms with Gasteiger partial charge in [0.05, 0.1) is 6.61 Å². The second-order valence-electron chi connectivity index (χ2n) is 5.04. The predicted molar refractivity (Wildman–Crippen MR) is 84.6 cm³/mol. The van der Waals surface area contributed by atoms with Crippen LogP contribution in [0.3, 0.4) is 0 Å². The molecular weight excluding hydrogens is 297 g/mol. The Kier molecular flexibility index (Phi) is 4.73. The van der Waals surface area contributed by atoms with Crippen LogP contribution in [0.25, 0.3) is 0 Å². The molecule has 3 aromatic rings. The van der Waals surface area contributed by atoms with Crippen LogP contribution in [0, 0.1) is 11.6 Å². The molecule has 0 aliphatic heterocycles. The van der Waals surface area contributed by atoms with Gasteiger partial charge in [-0.25, -0.2) is 18.7 Å². The molecule has 0 bridgehead atoms. The lowest BCUT2D eigenvalue weighted by atomic mass is 9.55. The van der Waals surface area contributed by atoms with E-state index in [9.17, 15) is 8.78 Å². The Morgan fingerprint density at radius 2 is 1.26 bits per heavy atom. The van der Waals surface area contributed by atoms with Crippen molar-refractivity contribution in [2.75, 3.05) is 0 Å². The van der Waals surface area contributed by atoms with Crippen LogP contribution in [0.2, 0.25) is 0 Å². The van der Waals surface area contributed by atoms with E-state index in [1.807, 2.05) is 0 Å². The molecule has 0 saturated heterocycles. The molecule has 0 spiro atoms. The summed E-state index contributed by atoms with van der Waals surface area (Å²) >= 11 is 0. The van der Waals surface area contributed by atoms with Crippen molar-refractivity contribution >= 4 is 17.8 Å². The molecule has 0 unspecified atom stereocenters. The first-order valence-corrected chi connectivity index (χ1v) is 7.09. The Hall–Kier alpha value is -2.60. The average molecular weight is 310 g/mol. The number of hydrogen-bond donors (Lipinski definition) is 0. The summed E-state index contributed by atoms with van der Waals surface area (Å²) < 4.78 is 32.3. The Bertz CT molecular complexity index is 706. The first-order valence-electron chi connectivity index (χ1n) is 7.09.